The molecule has 52 valence electrons. The fraction of sp³-hybridized carbons (Fsp3) is 1.00. The van der Waals surface area contributed by atoms with Crippen molar-refractivity contribution in [1.82, 2.24) is 0 Å². The Balaban J connectivity index is 4.03. The lowest BCUT2D eigenvalue weighted by Gasteiger charge is -2.16. The third-order valence-corrected chi connectivity index (χ3v) is 0.785. The lowest BCUT2D eigenvalue weighted by molar-refractivity contribution is -0.319. The molecule has 0 saturated carbocycles. The Labute approximate surface area is 51.0 Å². The fourth-order valence-corrected chi connectivity index (χ4v) is 0.155. The van der Waals surface area contributed by atoms with Crippen LogP contribution in [0.2, 0.25) is 0 Å². The van der Waals surface area contributed by atoms with Crippen LogP contribution in [-0.4, -0.2) is 27.3 Å². The third kappa shape index (κ3) is 2.89. The molecule has 0 aliphatic heterocycles. The van der Waals surface area contributed by atoms with Gasteiger partial charge in [0, 0.05) is 4.91 Å². The largest absolute Gasteiger partial charge is 0.343 e. The summed E-state index contributed by atoms with van der Waals surface area (Å²) in [6.45, 7) is 1.17. The lowest BCUT2D eigenvalue weighted by Crippen LogP contribution is -2.38. The van der Waals surface area contributed by atoms with E-state index in [2.05, 4.69) is 10.0 Å². The molecular weight excluding hydrogens is 126 g/mol. The van der Waals surface area contributed by atoms with Crippen LogP contribution < -0.4 is 0 Å². The lowest BCUT2D eigenvalue weighted by atomic mass is 10.3. The molecule has 0 rings (SSSR count). The highest BCUT2D eigenvalue weighted by molar-refractivity contribution is 4.66. The molecule has 0 aliphatic carbocycles. The molecule has 0 aromatic carbocycles. The zero-order valence-corrected chi connectivity index (χ0v) is 4.76. The molecule has 6 heteroatoms. The first-order valence-corrected chi connectivity index (χ1v) is 2.20. The fourth-order valence-electron chi connectivity index (χ4n) is 0.155. The Morgan fingerprint density at radius 1 is 1.56 bits per heavy atom. The minimum atomic E-state index is -2.91. The molecule has 0 saturated heterocycles. The molecule has 9 heavy (non-hydrogen) atoms. The third-order valence-electron chi connectivity index (χ3n) is 0.785. The predicted octanol–water partition coefficient (Wildman–Crippen LogP) is -0.684. The van der Waals surface area contributed by atoms with Crippen LogP contribution in [0.3, 0.4) is 0 Å². The molecule has 0 spiro atoms. The predicted molar refractivity (Wildman–Crippen MR) is 28.0 cm³/mol. The molecule has 0 aromatic rings. The van der Waals surface area contributed by atoms with E-state index in [1.54, 1.807) is 0 Å². The van der Waals surface area contributed by atoms with Crippen LogP contribution in [-0.2, 0) is 0 Å². The van der Waals surface area contributed by atoms with Crippen LogP contribution >= 0.6 is 0 Å². The van der Waals surface area contributed by atoms with Crippen LogP contribution in [0, 0.1) is 0 Å². The highest BCUT2D eigenvalue weighted by atomic mass is 16.7. The summed E-state index contributed by atoms with van der Waals surface area (Å²) < 4.78 is 0. The van der Waals surface area contributed by atoms with E-state index < -0.39 is 12.0 Å². The molecule has 0 fully saturated rings. The molecule has 0 aromatic heterocycles. The van der Waals surface area contributed by atoms with E-state index in [1.807, 2.05) is 0 Å². The summed E-state index contributed by atoms with van der Waals surface area (Å²) in [4.78, 5) is 2.25. The van der Waals surface area contributed by atoms with E-state index in [9.17, 15) is 0 Å². The highest BCUT2D eigenvalue weighted by Gasteiger charge is 2.26. The summed E-state index contributed by atoms with van der Waals surface area (Å²) in [5.74, 6) is -2.91. The van der Waals surface area contributed by atoms with Crippen molar-refractivity contribution >= 4 is 0 Å². The first-order chi connectivity index (χ1) is 3.98. The Hall–Kier alpha value is -0.810. The van der Waals surface area contributed by atoms with Gasteiger partial charge in [-0.2, -0.15) is 0 Å². The van der Waals surface area contributed by atoms with Crippen molar-refractivity contribution in [2.45, 2.75) is 18.9 Å². The second-order valence-corrected chi connectivity index (χ2v) is 1.57. The Kier molecular flexibility index (Phi) is 2.41. The van der Waals surface area contributed by atoms with Gasteiger partial charge in [0.25, 0.3) is 5.97 Å². The van der Waals surface area contributed by atoms with Gasteiger partial charge in [-0.15, -0.1) is 0 Å². The van der Waals surface area contributed by atoms with Crippen molar-refractivity contribution in [2.75, 3.05) is 0 Å². The van der Waals surface area contributed by atoms with Gasteiger partial charge in [-0.25, -0.2) is 0 Å². The van der Waals surface area contributed by atoms with E-state index >= 15 is 0 Å². The summed E-state index contributed by atoms with van der Waals surface area (Å²) in [5, 5.41) is 27.6. The summed E-state index contributed by atoms with van der Waals surface area (Å²) in [7, 11) is 0. The van der Waals surface area contributed by atoms with Gasteiger partial charge in [0.15, 0.2) is 0 Å². The first-order valence-electron chi connectivity index (χ1n) is 2.20. The SMILES string of the molecule is CC(N=[N+]=[N-])C(O)(O)O. The number of hydrogen-bond donors (Lipinski definition) is 3. The number of aliphatic hydroxyl groups is 3. The molecule has 0 aliphatic rings. The maximum absolute atomic E-state index is 8.26. The average Bonchev–Trinajstić information content (AvgIpc) is 1.64. The van der Waals surface area contributed by atoms with Crippen molar-refractivity contribution in [3.8, 4) is 0 Å². The van der Waals surface area contributed by atoms with E-state index in [0.29, 0.717) is 0 Å². The highest BCUT2D eigenvalue weighted by Crippen LogP contribution is 2.04. The monoisotopic (exact) mass is 133 g/mol. The van der Waals surface area contributed by atoms with Crippen LogP contribution in [0.4, 0.5) is 0 Å². The van der Waals surface area contributed by atoms with Gasteiger partial charge in [0.05, 0.1) is 0 Å². The first kappa shape index (κ1) is 8.19. The van der Waals surface area contributed by atoms with Gasteiger partial charge in [0.1, 0.15) is 6.04 Å². The Morgan fingerprint density at radius 2 is 2.00 bits per heavy atom. The quantitative estimate of drug-likeness (QED) is 0.201. The van der Waals surface area contributed by atoms with Crippen LogP contribution in [0.1, 0.15) is 6.92 Å². The van der Waals surface area contributed by atoms with Crippen molar-refractivity contribution in [3.63, 3.8) is 0 Å². The molecule has 0 heterocycles. The molecule has 0 amide bonds. The maximum Gasteiger partial charge on any atom is 0.283 e. The van der Waals surface area contributed by atoms with Crippen molar-refractivity contribution in [2.24, 2.45) is 5.11 Å². The van der Waals surface area contributed by atoms with Gasteiger partial charge in [-0.1, -0.05) is 5.11 Å². The van der Waals surface area contributed by atoms with E-state index in [-0.39, 0.29) is 0 Å². The van der Waals surface area contributed by atoms with E-state index in [0.717, 1.165) is 0 Å². The standard InChI is InChI=1S/C3H7N3O3/c1-2(5-6-4)3(7,8)9/h2,7-9H,1H3. The molecule has 6 nitrogen and oxygen atoms in total. The molecule has 1 unspecified atom stereocenters. The average molecular weight is 133 g/mol. The second kappa shape index (κ2) is 2.65. The zero-order chi connectivity index (χ0) is 7.49. The molecule has 0 bridgehead atoms. The molecule has 1 atom stereocenters. The number of rotatable bonds is 2. The van der Waals surface area contributed by atoms with Gasteiger partial charge < -0.3 is 15.3 Å². The molecule has 0 radical (unpaired) electrons. The van der Waals surface area contributed by atoms with Crippen molar-refractivity contribution < 1.29 is 15.3 Å². The minimum Gasteiger partial charge on any atom is -0.343 e. The van der Waals surface area contributed by atoms with Gasteiger partial charge >= 0.3 is 0 Å². The molecular formula is C3H7N3O3. The van der Waals surface area contributed by atoms with Gasteiger partial charge in [0.2, 0.25) is 0 Å². The van der Waals surface area contributed by atoms with Gasteiger partial charge in [-0.3, -0.25) is 0 Å². The van der Waals surface area contributed by atoms with Crippen LogP contribution in [0.25, 0.3) is 10.4 Å². The van der Waals surface area contributed by atoms with Crippen molar-refractivity contribution in [3.05, 3.63) is 10.4 Å². The zero-order valence-electron chi connectivity index (χ0n) is 4.76. The topological polar surface area (TPSA) is 109 Å². The Morgan fingerprint density at radius 3 is 2.11 bits per heavy atom. The summed E-state index contributed by atoms with van der Waals surface area (Å²) in [6.07, 6.45) is 0. The van der Waals surface area contributed by atoms with Crippen molar-refractivity contribution in [1.29, 1.82) is 0 Å². The van der Waals surface area contributed by atoms with Crippen LogP contribution in [0.15, 0.2) is 5.11 Å². The minimum absolute atomic E-state index is 1.17. The van der Waals surface area contributed by atoms with E-state index in [1.165, 1.54) is 6.92 Å². The summed E-state index contributed by atoms with van der Waals surface area (Å²) >= 11 is 0. The normalized spacial score (nSPS) is 14.2. The number of hydrogen-bond acceptors (Lipinski definition) is 4. The second-order valence-electron chi connectivity index (χ2n) is 1.57. The summed E-state index contributed by atoms with van der Waals surface area (Å²) in [5.41, 5.74) is 7.72. The Bertz CT molecular complexity index is 134. The van der Waals surface area contributed by atoms with E-state index in [4.69, 9.17) is 20.9 Å². The molecule has 3 N–H and O–H groups in total. The maximum atomic E-state index is 8.26. The van der Waals surface area contributed by atoms with Gasteiger partial charge in [-0.05, 0) is 12.5 Å². The summed E-state index contributed by atoms with van der Waals surface area (Å²) in [6, 6.07) is -1.26. The smallest absolute Gasteiger partial charge is 0.283 e. The number of azide groups is 1. The number of nitrogens with zero attached hydrogens (tertiary/aromatic N) is 3. The van der Waals surface area contributed by atoms with Crippen LogP contribution in [0.5, 0.6) is 0 Å².